The van der Waals surface area contributed by atoms with E-state index in [0.717, 1.165) is 70.4 Å². The quantitative estimate of drug-likeness (QED) is 0.331. The van der Waals surface area contributed by atoms with Crippen molar-refractivity contribution in [2.24, 2.45) is 13.0 Å². The van der Waals surface area contributed by atoms with Crippen molar-refractivity contribution in [3.8, 4) is 11.3 Å². The third-order valence-electron chi connectivity index (χ3n) is 9.59. The second kappa shape index (κ2) is 9.68. The number of nitrogens with one attached hydrogen (secondary N) is 1. The lowest BCUT2D eigenvalue weighted by molar-refractivity contribution is -0.136. The molecule has 11 nitrogen and oxygen atoms in total. The second-order valence-electron chi connectivity index (χ2n) is 12.4. The van der Waals surface area contributed by atoms with E-state index in [2.05, 4.69) is 27.4 Å². The van der Waals surface area contributed by atoms with Gasteiger partial charge in [-0.3, -0.25) is 43.7 Å². The largest absolute Gasteiger partial charge is 0.295 e. The monoisotopic (exact) mass is 577 g/mol. The van der Waals surface area contributed by atoms with Crippen LogP contribution in [0.15, 0.2) is 42.9 Å². The zero-order chi connectivity index (χ0) is 29.4. The van der Waals surface area contributed by atoms with Crippen molar-refractivity contribution in [3.63, 3.8) is 0 Å². The Labute approximate surface area is 247 Å². The SMILES string of the molecule is Cn1ncc2cnc(-c3cn(C4CC(CCc5cccc6c5C(=O)N(C5CCC(=O)NC5=O)C6=O)C4)nc3C3CC3)cc21. The minimum Gasteiger partial charge on any atom is -0.295 e. The maximum Gasteiger partial charge on any atom is 0.262 e. The van der Waals surface area contributed by atoms with Crippen LogP contribution in [0.2, 0.25) is 0 Å². The lowest BCUT2D eigenvalue weighted by atomic mass is 9.76. The lowest BCUT2D eigenvalue weighted by Crippen LogP contribution is -2.54. The number of carbonyl (C=O) groups excluding carboxylic acids is 4. The van der Waals surface area contributed by atoms with Crippen molar-refractivity contribution in [2.45, 2.75) is 69.4 Å². The molecule has 1 atom stereocenters. The molecular weight excluding hydrogens is 546 g/mol. The minimum absolute atomic E-state index is 0.107. The van der Waals surface area contributed by atoms with Gasteiger partial charge >= 0.3 is 0 Å². The van der Waals surface area contributed by atoms with Gasteiger partial charge in [0.1, 0.15) is 6.04 Å². The molecule has 0 bridgehead atoms. The van der Waals surface area contributed by atoms with Gasteiger partial charge in [-0.05, 0) is 68.6 Å². The first-order chi connectivity index (χ1) is 20.9. The van der Waals surface area contributed by atoms with Gasteiger partial charge in [0, 0.05) is 42.7 Å². The van der Waals surface area contributed by atoms with E-state index in [9.17, 15) is 19.2 Å². The number of rotatable bonds is 7. The molecule has 2 aliphatic carbocycles. The normalized spacial score (nSPS) is 23.6. The van der Waals surface area contributed by atoms with E-state index in [1.165, 1.54) is 0 Å². The molecule has 218 valence electrons. The fraction of sp³-hybridized carbons (Fsp3) is 0.406. The maximum absolute atomic E-state index is 13.4. The number of benzene rings is 1. The number of pyridine rings is 1. The molecule has 11 heteroatoms. The van der Waals surface area contributed by atoms with Gasteiger partial charge in [-0.2, -0.15) is 10.2 Å². The Balaban J connectivity index is 0.956. The topological polar surface area (TPSA) is 132 Å². The minimum atomic E-state index is -0.953. The molecule has 4 aromatic rings. The van der Waals surface area contributed by atoms with Crippen molar-refractivity contribution >= 4 is 34.5 Å². The number of piperidine rings is 1. The van der Waals surface area contributed by atoms with E-state index in [0.29, 0.717) is 35.4 Å². The Hall–Kier alpha value is -4.67. The van der Waals surface area contributed by atoms with Gasteiger partial charge in [0.25, 0.3) is 11.8 Å². The molecule has 1 aromatic carbocycles. The molecule has 0 radical (unpaired) electrons. The van der Waals surface area contributed by atoms with Gasteiger partial charge in [0.2, 0.25) is 11.8 Å². The van der Waals surface area contributed by atoms with Crippen molar-refractivity contribution < 1.29 is 19.2 Å². The summed E-state index contributed by atoms with van der Waals surface area (Å²) in [5.74, 6) is -0.885. The highest BCUT2D eigenvalue weighted by Gasteiger charge is 2.45. The van der Waals surface area contributed by atoms with Crippen LogP contribution < -0.4 is 5.32 Å². The molecule has 1 saturated heterocycles. The lowest BCUT2D eigenvalue weighted by Gasteiger charge is -2.35. The van der Waals surface area contributed by atoms with E-state index in [1.807, 2.05) is 30.2 Å². The van der Waals surface area contributed by atoms with Gasteiger partial charge < -0.3 is 0 Å². The fourth-order valence-corrected chi connectivity index (χ4v) is 6.95. The maximum atomic E-state index is 13.4. The van der Waals surface area contributed by atoms with E-state index < -0.39 is 23.8 Å². The molecule has 0 spiro atoms. The molecule has 4 aliphatic rings. The number of fused-ring (bicyclic) bond motifs is 2. The van der Waals surface area contributed by atoms with Crippen LogP contribution in [0.1, 0.15) is 88.9 Å². The summed E-state index contributed by atoms with van der Waals surface area (Å²) in [4.78, 5) is 56.4. The number of imide groups is 2. The molecule has 3 aromatic heterocycles. The Bertz CT molecular complexity index is 1850. The van der Waals surface area contributed by atoms with Gasteiger partial charge in [-0.15, -0.1) is 0 Å². The number of aryl methyl sites for hydroxylation is 2. The van der Waals surface area contributed by atoms with Crippen LogP contribution in [0, 0.1) is 5.92 Å². The van der Waals surface area contributed by atoms with Crippen LogP contribution >= 0.6 is 0 Å². The van der Waals surface area contributed by atoms with Gasteiger partial charge in [-0.25, -0.2) is 0 Å². The first-order valence-corrected chi connectivity index (χ1v) is 15.1. The first-order valence-electron chi connectivity index (χ1n) is 15.1. The van der Waals surface area contributed by atoms with Crippen LogP contribution in [0.5, 0.6) is 0 Å². The van der Waals surface area contributed by atoms with Gasteiger partial charge in [0.15, 0.2) is 0 Å². The average Bonchev–Trinajstić information content (AvgIpc) is 3.55. The van der Waals surface area contributed by atoms with E-state index >= 15 is 0 Å². The van der Waals surface area contributed by atoms with Crippen LogP contribution in [0.25, 0.3) is 22.2 Å². The standard InChI is InChI=1S/C32H31N7O4/c1-37-26-13-24(33-14-20(26)15-34-37)23-16-38(36-29(23)19-7-8-19)21-11-17(12-21)5-6-18-3-2-4-22-28(18)32(43)39(31(22)42)25-9-10-27(40)35-30(25)41/h2-4,13-17,19,21,25H,5-12H2,1H3,(H,35,40,41). The third kappa shape index (κ3) is 4.28. The Morgan fingerprint density at radius 2 is 1.84 bits per heavy atom. The summed E-state index contributed by atoms with van der Waals surface area (Å²) in [6, 6.07) is 6.83. The highest BCUT2D eigenvalue weighted by molar-refractivity contribution is 6.24. The zero-order valence-electron chi connectivity index (χ0n) is 23.8. The summed E-state index contributed by atoms with van der Waals surface area (Å²) in [6.07, 6.45) is 12.0. The molecule has 5 heterocycles. The van der Waals surface area contributed by atoms with Crippen molar-refractivity contribution in [3.05, 3.63) is 65.2 Å². The Morgan fingerprint density at radius 3 is 2.63 bits per heavy atom. The first kappa shape index (κ1) is 26.0. The second-order valence-corrected chi connectivity index (χ2v) is 12.4. The number of hydrogen-bond acceptors (Lipinski definition) is 7. The number of nitrogens with zero attached hydrogens (tertiary/aromatic N) is 6. The van der Waals surface area contributed by atoms with E-state index in [-0.39, 0.29) is 18.7 Å². The van der Waals surface area contributed by atoms with Crippen molar-refractivity contribution in [1.82, 2.24) is 34.8 Å². The molecule has 8 rings (SSSR count). The molecular formula is C32H31N7O4. The Morgan fingerprint density at radius 1 is 1.00 bits per heavy atom. The highest BCUT2D eigenvalue weighted by atomic mass is 16.2. The number of aromatic nitrogens is 5. The number of amides is 4. The van der Waals surface area contributed by atoms with E-state index in [4.69, 9.17) is 10.1 Å². The number of hydrogen-bond donors (Lipinski definition) is 1. The molecule has 1 unspecified atom stereocenters. The highest BCUT2D eigenvalue weighted by Crippen LogP contribution is 2.46. The summed E-state index contributed by atoms with van der Waals surface area (Å²) >= 11 is 0. The van der Waals surface area contributed by atoms with Crippen LogP contribution in [-0.2, 0) is 23.1 Å². The van der Waals surface area contributed by atoms with Gasteiger partial charge in [-0.1, -0.05) is 12.1 Å². The van der Waals surface area contributed by atoms with Crippen LogP contribution in [0.4, 0.5) is 0 Å². The molecule has 4 amide bonds. The van der Waals surface area contributed by atoms with E-state index in [1.54, 1.807) is 12.1 Å². The van der Waals surface area contributed by atoms with Crippen LogP contribution in [0.3, 0.4) is 0 Å². The van der Waals surface area contributed by atoms with Crippen LogP contribution in [-0.4, -0.2) is 59.1 Å². The summed E-state index contributed by atoms with van der Waals surface area (Å²) in [5.41, 5.74) is 5.81. The predicted molar refractivity (Wildman–Crippen MR) is 155 cm³/mol. The molecule has 2 aliphatic heterocycles. The zero-order valence-corrected chi connectivity index (χ0v) is 23.8. The molecule has 3 fully saturated rings. The summed E-state index contributed by atoms with van der Waals surface area (Å²) in [5, 5.41) is 12.7. The Kier molecular flexibility index (Phi) is 5.85. The summed E-state index contributed by atoms with van der Waals surface area (Å²) in [6.45, 7) is 0. The predicted octanol–water partition coefficient (Wildman–Crippen LogP) is 3.69. The van der Waals surface area contributed by atoms with Crippen molar-refractivity contribution in [2.75, 3.05) is 0 Å². The molecule has 1 N–H and O–H groups in total. The molecule has 43 heavy (non-hydrogen) atoms. The number of carbonyl (C=O) groups is 4. The van der Waals surface area contributed by atoms with Gasteiger partial charge in [0.05, 0.1) is 40.3 Å². The fourth-order valence-electron chi connectivity index (χ4n) is 6.95. The smallest absolute Gasteiger partial charge is 0.262 e. The third-order valence-corrected chi connectivity index (χ3v) is 9.59. The van der Waals surface area contributed by atoms with Crippen molar-refractivity contribution in [1.29, 1.82) is 0 Å². The average molecular weight is 578 g/mol. The summed E-state index contributed by atoms with van der Waals surface area (Å²) < 4.78 is 4.01. The summed E-state index contributed by atoms with van der Waals surface area (Å²) in [7, 11) is 1.94. The molecule has 2 saturated carbocycles.